The van der Waals surface area contributed by atoms with Crippen LogP contribution in [0.25, 0.3) is 0 Å². The Morgan fingerprint density at radius 1 is 1.67 bits per heavy atom. The Morgan fingerprint density at radius 2 is 2.33 bits per heavy atom. The van der Waals surface area contributed by atoms with E-state index in [4.69, 9.17) is 10.2 Å². The van der Waals surface area contributed by atoms with E-state index in [2.05, 4.69) is 10.6 Å². The molecule has 1 fully saturated rings. The highest BCUT2D eigenvalue weighted by Crippen LogP contribution is 1.93. The lowest BCUT2D eigenvalue weighted by Gasteiger charge is -2.08. The number of hydrogen-bond acceptors (Lipinski definition) is 3. The molecule has 52 valence electrons. The van der Waals surface area contributed by atoms with Gasteiger partial charge in [-0.3, -0.25) is 0 Å². The lowest BCUT2D eigenvalue weighted by Crippen LogP contribution is -2.37. The number of aliphatic hydroxyl groups excluding tert-OH is 1. The lowest BCUT2D eigenvalue weighted by molar-refractivity contribution is -0.0587. The number of hydrogen-bond donors (Lipinski definition) is 4. The van der Waals surface area contributed by atoms with Crippen LogP contribution >= 0.6 is 0 Å². The summed E-state index contributed by atoms with van der Waals surface area (Å²) in [6, 6.07) is -0.911. The summed E-state index contributed by atoms with van der Waals surface area (Å²) in [6.07, 6.45) is -1.47. The molecule has 0 aliphatic carbocycles. The lowest BCUT2D eigenvalue weighted by atomic mass is 10.3. The second kappa shape index (κ2) is 2.20. The first-order valence-corrected chi connectivity index (χ1v) is 2.60. The Balaban J connectivity index is 2.39. The average molecular weight is 132 g/mol. The molecule has 1 aliphatic heterocycles. The van der Waals surface area contributed by atoms with Crippen molar-refractivity contribution in [1.29, 1.82) is 0 Å². The normalized spacial score (nSPS) is 26.1. The first-order chi connectivity index (χ1) is 4.20. The number of nitrogens with one attached hydrogen (secondary N) is 2. The minimum atomic E-state index is -1.47. The maximum Gasteiger partial charge on any atom is 0.315 e. The molecule has 5 heteroatoms. The third kappa shape index (κ3) is 1.30. The van der Waals surface area contributed by atoms with Gasteiger partial charge in [0.1, 0.15) is 0 Å². The van der Waals surface area contributed by atoms with E-state index >= 15 is 0 Å². The van der Waals surface area contributed by atoms with Gasteiger partial charge in [0.25, 0.3) is 0 Å². The van der Waals surface area contributed by atoms with Crippen molar-refractivity contribution < 1.29 is 15.0 Å². The Bertz CT molecular complexity index is 125. The quantitative estimate of drug-likeness (QED) is 0.311. The molecule has 1 saturated heterocycles. The van der Waals surface area contributed by atoms with Gasteiger partial charge in [-0.2, -0.15) is 0 Å². The van der Waals surface area contributed by atoms with Gasteiger partial charge in [0, 0.05) is 6.54 Å². The van der Waals surface area contributed by atoms with Crippen LogP contribution in [0, 0.1) is 0 Å². The molecular weight excluding hydrogens is 124 g/mol. The van der Waals surface area contributed by atoms with Crippen LogP contribution in [0.15, 0.2) is 0 Å². The van der Waals surface area contributed by atoms with Gasteiger partial charge < -0.3 is 20.8 Å². The summed E-state index contributed by atoms with van der Waals surface area (Å²) < 4.78 is 0. The largest absolute Gasteiger partial charge is 0.366 e. The van der Waals surface area contributed by atoms with E-state index in [0.29, 0.717) is 0 Å². The van der Waals surface area contributed by atoms with Crippen LogP contribution in [-0.2, 0) is 0 Å². The molecule has 0 saturated carbocycles. The van der Waals surface area contributed by atoms with Crippen molar-refractivity contribution in [2.45, 2.75) is 12.3 Å². The molecule has 0 spiro atoms. The van der Waals surface area contributed by atoms with Crippen molar-refractivity contribution in [3.8, 4) is 0 Å². The molecule has 0 aromatic rings. The van der Waals surface area contributed by atoms with Gasteiger partial charge in [0.2, 0.25) is 0 Å². The summed E-state index contributed by atoms with van der Waals surface area (Å²) in [7, 11) is 0. The van der Waals surface area contributed by atoms with Crippen LogP contribution in [0.4, 0.5) is 4.79 Å². The van der Waals surface area contributed by atoms with Crippen LogP contribution in [0.2, 0.25) is 0 Å². The monoisotopic (exact) mass is 132 g/mol. The summed E-state index contributed by atoms with van der Waals surface area (Å²) in [5, 5.41) is 21.6. The summed E-state index contributed by atoms with van der Waals surface area (Å²) in [4.78, 5) is 10.3. The highest BCUT2D eigenvalue weighted by Gasteiger charge is 2.24. The fourth-order valence-electron chi connectivity index (χ4n) is 0.653. The highest BCUT2D eigenvalue weighted by molar-refractivity contribution is 5.76. The van der Waals surface area contributed by atoms with Crippen molar-refractivity contribution in [2.75, 3.05) is 6.54 Å². The van der Waals surface area contributed by atoms with E-state index in [1.807, 2.05) is 0 Å². The standard InChI is InChI=1S/C4H8N2O3/c7-3(8)2-1-5-4(9)6-2/h2-3,7-8H,1H2,(H2,5,6,9). The zero-order valence-electron chi connectivity index (χ0n) is 4.66. The van der Waals surface area contributed by atoms with Crippen molar-refractivity contribution in [3.63, 3.8) is 0 Å². The molecule has 0 aromatic heterocycles. The topological polar surface area (TPSA) is 81.6 Å². The zero-order chi connectivity index (χ0) is 6.85. The van der Waals surface area contributed by atoms with Gasteiger partial charge in [-0.05, 0) is 0 Å². The number of urea groups is 1. The van der Waals surface area contributed by atoms with Crippen LogP contribution in [0.3, 0.4) is 0 Å². The minimum absolute atomic E-state index is 0.274. The first kappa shape index (κ1) is 6.31. The van der Waals surface area contributed by atoms with Crippen LogP contribution in [0.1, 0.15) is 0 Å². The molecule has 1 aliphatic rings. The van der Waals surface area contributed by atoms with Crippen LogP contribution in [0.5, 0.6) is 0 Å². The smallest absolute Gasteiger partial charge is 0.315 e. The van der Waals surface area contributed by atoms with Gasteiger partial charge in [0.15, 0.2) is 6.29 Å². The Morgan fingerprint density at radius 3 is 2.56 bits per heavy atom. The molecule has 1 unspecified atom stereocenters. The number of carbonyl (C=O) groups is 1. The Hall–Kier alpha value is -0.810. The molecule has 2 amide bonds. The van der Waals surface area contributed by atoms with Crippen molar-refractivity contribution in [2.24, 2.45) is 0 Å². The van der Waals surface area contributed by atoms with E-state index < -0.39 is 12.3 Å². The summed E-state index contributed by atoms with van der Waals surface area (Å²) >= 11 is 0. The summed E-state index contributed by atoms with van der Waals surface area (Å²) in [5.41, 5.74) is 0. The van der Waals surface area contributed by atoms with Crippen LogP contribution < -0.4 is 10.6 Å². The van der Waals surface area contributed by atoms with Gasteiger partial charge >= 0.3 is 6.03 Å². The summed E-state index contributed by atoms with van der Waals surface area (Å²) in [5.74, 6) is 0. The molecule has 5 nitrogen and oxygen atoms in total. The Labute approximate surface area is 51.7 Å². The number of rotatable bonds is 1. The molecule has 1 rings (SSSR count). The zero-order valence-corrected chi connectivity index (χ0v) is 4.66. The Kier molecular flexibility index (Phi) is 1.54. The van der Waals surface area contributed by atoms with Crippen molar-refractivity contribution in [1.82, 2.24) is 10.6 Å². The number of aliphatic hydroxyl groups is 2. The maximum absolute atomic E-state index is 10.3. The van der Waals surface area contributed by atoms with Gasteiger partial charge in [0.05, 0.1) is 6.04 Å². The molecule has 4 N–H and O–H groups in total. The van der Waals surface area contributed by atoms with Gasteiger partial charge in [-0.25, -0.2) is 4.79 Å². The fourth-order valence-corrected chi connectivity index (χ4v) is 0.653. The van der Waals surface area contributed by atoms with Gasteiger partial charge in [-0.1, -0.05) is 0 Å². The molecule has 1 heterocycles. The maximum atomic E-state index is 10.3. The van der Waals surface area contributed by atoms with E-state index in [0.717, 1.165) is 0 Å². The van der Waals surface area contributed by atoms with Crippen molar-refractivity contribution in [3.05, 3.63) is 0 Å². The molecule has 0 radical (unpaired) electrons. The summed E-state index contributed by atoms with van der Waals surface area (Å²) in [6.45, 7) is 0.274. The van der Waals surface area contributed by atoms with Gasteiger partial charge in [-0.15, -0.1) is 0 Å². The molecule has 0 bridgehead atoms. The van der Waals surface area contributed by atoms with E-state index in [9.17, 15) is 4.79 Å². The predicted octanol–water partition coefficient (Wildman–Crippen LogP) is -2.02. The average Bonchev–Trinajstić information content (AvgIpc) is 2.14. The van der Waals surface area contributed by atoms with Crippen LogP contribution in [-0.4, -0.2) is 35.1 Å². The third-order valence-electron chi connectivity index (χ3n) is 1.16. The molecular formula is C4H8N2O3. The third-order valence-corrected chi connectivity index (χ3v) is 1.16. The minimum Gasteiger partial charge on any atom is -0.366 e. The number of amides is 2. The van der Waals surface area contributed by atoms with E-state index in [1.54, 1.807) is 0 Å². The number of carbonyl (C=O) groups excluding carboxylic acids is 1. The van der Waals surface area contributed by atoms with Crippen molar-refractivity contribution >= 4 is 6.03 Å². The SMILES string of the molecule is O=C1NCC(C(O)O)N1. The first-order valence-electron chi connectivity index (χ1n) is 2.60. The second-order valence-electron chi connectivity index (χ2n) is 1.87. The highest BCUT2D eigenvalue weighted by atomic mass is 16.5. The predicted molar refractivity (Wildman–Crippen MR) is 28.5 cm³/mol. The van der Waals surface area contributed by atoms with E-state index in [-0.39, 0.29) is 12.6 Å². The fraction of sp³-hybridized carbons (Fsp3) is 0.750. The van der Waals surface area contributed by atoms with E-state index in [1.165, 1.54) is 0 Å². The molecule has 9 heavy (non-hydrogen) atoms. The second-order valence-corrected chi connectivity index (χ2v) is 1.87. The molecule has 0 aromatic carbocycles. The molecule has 1 atom stereocenters.